The van der Waals surface area contributed by atoms with Crippen LogP contribution in [0.1, 0.15) is 18.1 Å². The van der Waals surface area contributed by atoms with E-state index in [9.17, 15) is 4.79 Å². The van der Waals surface area contributed by atoms with E-state index < -0.39 is 5.97 Å². The molecule has 0 heterocycles. The van der Waals surface area contributed by atoms with Crippen LogP contribution in [-0.4, -0.2) is 11.8 Å². The van der Waals surface area contributed by atoms with Gasteiger partial charge in [-0.15, -0.1) is 0 Å². The molecule has 0 spiro atoms. The normalized spacial score (nSPS) is 11.0. The van der Waals surface area contributed by atoms with Gasteiger partial charge in [0.1, 0.15) is 11.6 Å². The molecule has 2 aromatic carbocycles. The molecule has 0 aliphatic rings. The molecule has 4 heteroatoms. The minimum absolute atomic E-state index is 0.0203. The van der Waals surface area contributed by atoms with Crippen LogP contribution in [-0.2, 0) is 4.79 Å². The van der Waals surface area contributed by atoms with Gasteiger partial charge in [-0.05, 0) is 42.8 Å². The first-order valence-corrected chi connectivity index (χ1v) is 6.46. The highest BCUT2D eigenvalue weighted by molar-refractivity contribution is 5.96. The maximum absolute atomic E-state index is 12.0. The summed E-state index contributed by atoms with van der Waals surface area (Å²) in [4.78, 5) is 12.0. The summed E-state index contributed by atoms with van der Waals surface area (Å²) in [5, 5.41) is 7.30. The number of nitrogens with two attached hydrogens (primary N) is 1. The number of hydrogen-bond acceptors (Lipinski definition) is 3. The van der Waals surface area contributed by atoms with Gasteiger partial charge in [0.05, 0.1) is 0 Å². The van der Waals surface area contributed by atoms with E-state index in [1.165, 1.54) is 0 Å². The summed E-state index contributed by atoms with van der Waals surface area (Å²) in [5.41, 5.74) is 7.41. The Kier molecular flexibility index (Phi) is 4.51. The third kappa shape index (κ3) is 4.04. The lowest BCUT2D eigenvalue weighted by atomic mass is 10.1. The van der Waals surface area contributed by atoms with Crippen molar-refractivity contribution in [2.75, 3.05) is 0 Å². The molecule has 106 valence electrons. The number of amidine groups is 1. The van der Waals surface area contributed by atoms with Crippen molar-refractivity contribution in [1.29, 1.82) is 5.41 Å². The van der Waals surface area contributed by atoms with E-state index >= 15 is 0 Å². The van der Waals surface area contributed by atoms with Gasteiger partial charge in [0.2, 0.25) is 0 Å². The first kappa shape index (κ1) is 14.5. The fraction of sp³-hybridized carbons (Fsp3) is 0.0588. The van der Waals surface area contributed by atoms with Crippen LogP contribution in [0.3, 0.4) is 0 Å². The van der Waals surface area contributed by atoms with Crippen LogP contribution >= 0.6 is 0 Å². The van der Waals surface area contributed by atoms with Crippen molar-refractivity contribution in [1.82, 2.24) is 0 Å². The Hall–Kier alpha value is -2.88. The number of nitrogens with one attached hydrogen (secondary N) is 1. The number of ether oxygens (including phenoxy) is 1. The van der Waals surface area contributed by atoms with Crippen LogP contribution in [0.15, 0.2) is 60.2 Å². The fourth-order valence-corrected chi connectivity index (χ4v) is 1.75. The Morgan fingerprint density at radius 1 is 1.10 bits per heavy atom. The quantitative estimate of drug-likeness (QED) is 0.297. The van der Waals surface area contributed by atoms with Gasteiger partial charge in [-0.1, -0.05) is 30.3 Å². The number of benzene rings is 2. The van der Waals surface area contributed by atoms with Crippen molar-refractivity contribution >= 4 is 17.9 Å². The van der Waals surface area contributed by atoms with E-state index in [0.29, 0.717) is 16.9 Å². The lowest BCUT2D eigenvalue weighted by molar-refractivity contribution is -0.130. The molecule has 0 amide bonds. The summed E-state index contributed by atoms with van der Waals surface area (Å²) in [7, 11) is 0. The SMILES string of the molecule is C/C(=C\c1ccccc1)C(=O)Oc1ccc(C(=N)N)cc1. The van der Waals surface area contributed by atoms with Gasteiger partial charge < -0.3 is 10.5 Å². The van der Waals surface area contributed by atoms with E-state index in [4.69, 9.17) is 15.9 Å². The first-order valence-electron chi connectivity index (χ1n) is 6.46. The van der Waals surface area contributed by atoms with Crippen molar-refractivity contribution < 1.29 is 9.53 Å². The molecular weight excluding hydrogens is 264 g/mol. The Morgan fingerprint density at radius 2 is 1.71 bits per heavy atom. The summed E-state index contributed by atoms with van der Waals surface area (Å²) < 4.78 is 5.26. The van der Waals surface area contributed by atoms with Crippen LogP contribution in [0.5, 0.6) is 5.75 Å². The predicted octanol–water partition coefficient (Wildman–Crippen LogP) is 2.98. The van der Waals surface area contributed by atoms with Gasteiger partial charge >= 0.3 is 5.97 Å². The second kappa shape index (κ2) is 6.52. The minimum Gasteiger partial charge on any atom is -0.423 e. The standard InChI is InChI=1S/C17H16N2O2/c1-12(11-13-5-3-2-4-6-13)17(20)21-15-9-7-14(8-10-15)16(18)19/h2-11H,1H3,(H3,18,19)/b12-11+. The first-order chi connectivity index (χ1) is 10.1. The highest BCUT2D eigenvalue weighted by Crippen LogP contribution is 2.15. The molecule has 0 aliphatic carbocycles. The van der Waals surface area contributed by atoms with Crippen molar-refractivity contribution in [2.24, 2.45) is 5.73 Å². The third-order valence-corrected chi connectivity index (χ3v) is 2.88. The number of nitrogen functional groups attached to an aromatic ring is 1. The zero-order chi connectivity index (χ0) is 15.2. The maximum atomic E-state index is 12.0. The molecule has 0 saturated heterocycles. The molecule has 0 atom stereocenters. The highest BCUT2D eigenvalue weighted by atomic mass is 16.5. The second-order valence-corrected chi connectivity index (χ2v) is 4.57. The molecule has 2 aromatic rings. The third-order valence-electron chi connectivity index (χ3n) is 2.88. The number of rotatable bonds is 4. The largest absolute Gasteiger partial charge is 0.423 e. The Bertz CT molecular complexity index is 674. The number of carbonyl (C=O) groups is 1. The second-order valence-electron chi connectivity index (χ2n) is 4.57. The monoisotopic (exact) mass is 280 g/mol. The van der Waals surface area contributed by atoms with Crippen LogP contribution in [0, 0.1) is 5.41 Å². The molecule has 2 rings (SSSR count). The van der Waals surface area contributed by atoms with Crippen molar-refractivity contribution in [3.8, 4) is 5.75 Å². The summed E-state index contributed by atoms with van der Waals surface area (Å²) in [6, 6.07) is 16.1. The summed E-state index contributed by atoms with van der Waals surface area (Å²) in [6.45, 7) is 1.71. The smallest absolute Gasteiger partial charge is 0.339 e. The highest BCUT2D eigenvalue weighted by Gasteiger charge is 2.08. The fourth-order valence-electron chi connectivity index (χ4n) is 1.75. The lowest BCUT2D eigenvalue weighted by Crippen LogP contribution is -2.12. The molecule has 0 aliphatic heterocycles. The summed E-state index contributed by atoms with van der Waals surface area (Å²) >= 11 is 0. The van der Waals surface area contributed by atoms with E-state index in [1.807, 2.05) is 30.3 Å². The molecule has 21 heavy (non-hydrogen) atoms. The van der Waals surface area contributed by atoms with E-state index in [-0.39, 0.29) is 5.84 Å². The molecule has 0 bridgehead atoms. The molecule has 3 N–H and O–H groups in total. The van der Waals surface area contributed by atoms with Gasteiger partial charge in [-0.25, -0.2) is 4.79 Å². The summed E-state index contributed by atoms with van der Waals surface area (Å²) in [5.74, 6) is -0.00623. The Balaban J connectivity index is 2.07. The Morgan fingerprint density at radius 3 is 2.29 bits per heavy atom. The van der Waals surface area contributed by atoms with Crippen LogP contribution < -0.4 is 10.5 Å². The van der Waals surface area contributed by atoms with Crippen molar-refractivity contribution in [2.45, 2.75) is 6.92 Å². The van der Waals surface area contributed by atoms with Crippen LogP contribution in [0.25, 0.3) is 6.08 Å². The van der Waals surface area contributed by atoms with E-state index in [0.717, 1.165) is 5.56 Å². The number of hydrogen-bond donors (Lipinski definition) is 2. The average molecular weight is 280 g/mol. The number of esters is 1. The predicted molar refractivity (Wildman–Crippen MR) is 83.2 cm³/mol. The Labute approximate surface area is 123 Å². The molecule has 0 radical (unpaired) electrons. The van der Waals surface area contributed by atoms with Gasteiger partial charge in [-0.2, -0.15) is 0 Å². The minimum atomic E-state index is -0.408. The molecular formula is C17H16N2O2. The van der Waals surface area contributed by atoms with E-state index in [2.05, 4.69) is 0 Å². The van der Waals surface area contributed by atoms with E-state index in [1.54, 1.807) is 37.3 Å². The van der Waals surface area contributed by atoms with Gasteiger partial charge in [0, 0.05) is 11.1 Å². The zero-order valence-corrected chi connectivity index (χ0v) is 11.7. The molecule has 0 saturated carbocycles. The molecule has 4 nitrogen and oxygen atoms in total. The molecule has 0 unspecified atom stereocenters. The van der Waals surface area contributed by atoms with Crippen LogP contribution in [0.2, 0.25) is 0 Å². The van der Waals surface area contributed by atoms with Crippen molar-refractivity contribution in [3.05, 3.63) is 71.3 Å². The topological polar surface area (TPSA) is 76.2 Å². The molecule has 0 aromatic heterocycles. The van der Waals surface area contributed by atoms with Gasteiger partial charge in [0.25, 0.3) is 0 Å². The average Bonchev–Trinajstić information content (AvgIpc) is 2.48. The summed E-state index contributed by atoms with van der Waals surface area (Å²) in [6.07, 6.45) is 1.77. The zero-order valence-electron chi connectivity index (χ0n) is 11.7. The lowest BCUT2D eigenvalue weighted by Gasteiger charge is -2.05. The molecule has 0 fully saturated rings. The maximum Gasteiger partial charge on any atom is 0.339 e. The number of carbonyl (C=O) groups excluding carboxylic acids is 1. The van der Waals surface area contributed by atoms with Gasteiger partial charge in [-0.3, -0.25) is 5.41 Å². The van der Waals surface area contributed by atoms with Crippen LogP contribution in [0.4, 0.5) is 0 Å². The van der Waals surface area contributed by atoms with Crippen molar-refractivity contribution in [3.63, 3.8) is 0 Å². The van der Waals surface area contributed by atoms with Gasteiger partial charge in [0.15, 0.2) is 0 Å².